The van der Waals surface area contributed by atoms with Crippen LogP contribution in [0.1, 0.15) is 10.4 Å². The average Bonchev–Trinajstić information content (AvgIpc) is 2.94. The van der Waals surface area contributed by atoms with E-state index in [9.17, 15) is 18.3 Å². The molecular weight excluding hydrogens is 362 g/mol. The Bertz CT molecular complexity index is 877. The number of nitrogens with one attached hydrogen (secondary N) is 2. The lowest BCUT2D eigenvalue weighted by Crippen LogP contribution is -2.22. The van der Waals surface area contributed by atoms with Crippen molar-refractivity contribution in [2.45, 2.75) is 0 Å². The molecule has 0 unspecified atom stereocenters. The summed E-state index contributed by atoms with van der Waals surface area (Å²) in [7, 11) is -3.99. The van der Waals surface area contributed by atoms with E-state index in [4.69, 9.17) is 11.6 Å². The summed E-state index contributed by atoms with van der Waals surface area (Å²) in [6.07, 6.45) is 6.28. The second-order valence-electron chi connectivity index (χ2n) is 4.54. The third-order valence-corrected chi connectivity index (χ3v) is 5.44. The van der Waals surface area contributed by atoms with Gasteiger partial charge >= 0.3 is 5.97 Å². The van der Waals surface area contributed by atoms with Gasteiger partial charge in [-0.25, -0.2) is 13.2 Å². The number of anilines is 1. The molecule has 0 fully saturated rings. The van der Waals surface area contributed by atoms with Crippen LogP contribution in [-0.4, -0.2) is 23.8 Å². The number of nitrogens with zero attached hydrogens (tertiary/aromatic N) is 1. The van der Waals surface area contributed by atoms with Crippen molar-refractivity contribution in [2.75, 3.05) is 4.72 Å². The predicted molar refractivity (Wildman–Crippen MR) is 88.8 cm³/mol. The molecule has 0 aromatic heterocycles. The number of aromatic carboxylic acids is 1. The van der Waals surface area contributed by atoms with E-state index in [0.717, 1.165) is 0 Å². The summed E-state index contributed by atoms with van der Waals surface area (Å²) < 4.78 is 32.0. The number of sulfonamides is 1. The third-order valence-electron chi connectivity index (χ3n) is 3.05. The van der Waals surface area contributed by atoms with Gasteiger partial charge in [0.1, 0.15) is 4.91 Å². The van der Waals surface area contributed by atoms with Crippen LogP contribution >= 0.6 is 23.7 Å². The Morgan fingerprint density at radius 2 is 2.17 bits per heavy atom. The molecule has 3 rings (SSSR count). The number of benzene rings is 1. The number of carbonyl (C=O) groups is 1. The number of rotatable bonds is 4. The van der Waals surface area contributed by atoms with Crippen LogP contribution in [0.5, 0.6) is 0 Å². The monoisotopic (exact) mass is 371 g/mol. The first-order valence-corrected chi connectivity index (χ1v) is 8.88. The van der Waals surface area contributed by atoms with Gasteiger partial charge in [-0.15, -0.1) is 0 Å². The molecule has 0 atom stereocenters. The normalized spacial score (nSPS) is 16.3. The van der Waals surface area contributed by atoms with Crippen LogP contribution in [0, 0.1) is 0 Å². The molecule has 0 aliphatic carbocycles. The summed E-state index contributed by atoms with van der Waals surface area (Å²) in [5.41, 5.74) is 0.171. The van der Waals surface area contributed by atoms with Crippen LogP contribution in [0.3, 0.4) is 0 Å². The van der Waals surface area contributed by atoms with E-state index in [1.807, 2.05) is 0 Å². The molecule has 0 bridgehead atoms. The van der Waals surface area contributed by atoms with Gasteiger partial charge in [-0.05, 0) is 30.4 Å². The van der Waals surface area contributed by atoms with Crippen LogP contribution in [-0.2, 0) is 10.0 Å². The number of carboxylic acids is 1. The first-order valence-electron chi connectivity index (χ1n) is 6.25. The summed E-state index contributed by atoms with van der Waals surface area (Å²) in [5.74, 6) is -1.25. The summed E-state index contributed by atoms with van der Waals surface area (Å²) in [4.78, 5) is 11.3. The van der Waals surface area contributed by atoms with E-state index in [0.29, 0.717) is 5.70 Å². The second-order valence-corrected chi connectivity index (χ2v) is 7.44. The Kier molecular flexibility index (Phi) is 4.00. The lowest BCUT2D eigenvalue weighted by atomic mass is 10.2. The molecule has 0 spiro atoms. The fraction of sp³-hybridized carbons (Fsp3) is 0. The van der Waals surface area contributed by atoms with Crippen LogP contribution in [0.2, 0.25) is 5.02 Å². The Morgan fingerprint density at radius 1 is 1.39 bits per heavy atom. The van der Waals surface area contributed by atoms with E-state index < -0.39 is 16.0 Å². The van der Waals surface area contributed by atoms with Crippen molar-refractivity contribution in [2.24, 2.45) is 0 Å². The Labute approximate surface area is 141 Å². The minimum Gasteiger partial charge on any atom is -0.478 e. The maximum atomic E-state index is 12.6. The molecule has 0 saturated carbocycles. The van der Waals surface area contributed by atoms with E-state index in [1.165, 1.54) is 36.4 Å². The molecule has 2 heterocycles. The van der Waals surface area contributed by atoms with Crippen LogP contribution < -0.4 is 9.44 Å². The standard InChI is InChI=1S/C13H10ClN3O4S2/c14-8-3-4-9(13(18)19)10(6-8)16-23(20,21)12-2-1-5-17-11(12)7-15-22-17/h1-7,15-16H,(H,18,19). The van der Waals surface area contributed by atoms with Gasteiger partial charge in [0, 0.05) is 17.4 Å². The molecule has 3 N–H and O–H groups in total. The molecule has 1 aromatic rings. The molecule has 0 radical (unpaired) electrons. The van der Waals surface area contributed by atoms with Crippen molar-refractivity contribution in [3.63, 3.8) is 0 Å². The van der Waals surface area contributed by atoms with Crippen molar-refractivity contribution in [1.29, 1.82) is 0 Å². The lowest BCUT2D eigenvalue weighted by Gasteiger charge is -2.21. The molecule has 1 aromatic carbocycles. The van der Waals surface area contributed by atoms with Gasteiger partial charge < -0.3 is 9.83 Å². The molecule has 2 aliphatic heterocycles. The fourth-order valence-corrected chi connectivity index (χ4v) is 4.20. The molecule has 0 amide bonds. The van der Waals surface area contributed by atoms with Gasteiger partial charge in [-0.2, -0.15) is 0 Å². The van der Waals surface area contributed by atoms with Crippen molar-refractivity contribution in [3.05, 3.63) is 63.9 Å². The highest BCUT2D eigenvalue weighted by Gasteiger charge is 2.30. The summed E-state index contributed by atoms with van der Waals surface area (Å²) in [5, 5.41) is 9.40. The third kappa shape index (κ3) is 3.03. The maximum Gasteiger partial charge on any atom is 0.337 e. The van der Waals surface area contributed by atoms with Gasteiger partial charge in [0.05, 0.1) is 29.1 Å². The zero-order chi connectivity index (χ0) is 16.6. The smallest absolute Gasteiger partial charge is 0.337 e. The summed E-state index contributed by atoms with van der Waals surface area (Å²) >= 11 is 7.06. The molecule has 120 valence electrons. The quantitative estimate of drug-likeness (QED) is 0.699. The second kappa shape index (κ2) is 5.84. The van der Waals surface area contributed by atoms with Crippen LogP contribution in [0.4, 0.5) is 5.69 Å². The largest absolute Gasteiger partial charge is 0.478 e. The van der Waals surface area contributed by atoms with Gasteiger partial charge in [-0.1, -0.05) is 11.6 Å². The van der Waals surface area contributed by atoms with Gasteiger partial charge in [-0.3, -0.25) is 9.03 Å². The molecular formula is C13H10ClN3O4S2. The Balaban J connectivity index is 2.00. The molecule has 7 nitrogen and oxygen atoms in total. The number of fused-ring (bicyclic) bond motifs is 1. The van der Waals surface area contributed by atoms with Crippen LogP contribution in [0.15, 0.2) is 53.4 Å². The van der Waals surface area contributed by atoms with Crippen molar-refractivity contribution < 1.29 is 18.3 Å². The summed E-state index contributed by atoms with van der Waals surface area (Å²) in [6, 6.07) is 3.89. The molecule has 10 heteroatoms. The zero-order valence-corrected chi connectivity index (χ0v) is 13.7. The molecule has 23 heavy (non-hydrogen) atoms. The van der Waals surface area contributed by atoms with Gasteiger partial charge in [0.15, 0.2) is 0 Å². The molecule has 2 aliphatic rings. The highest BCUT2D eigenvalue weighted by atomic mass is 35.5. The van der Waals surface area contributed by atoms with Crippen molar-refractivity contribution in [1.82, 2.24) is 9.03 Å². The van der Waals surface area contributed by atoms with E-state index in [2.05, 4.69) is 9.44 Å². The molecule has 0 saturated heterocycles. The number of halogens is 1. The van der Waals surface area contributed by atoms with Crippen molar-refractivity contribution in [3.8, 4) is 0 Å². The average molecular weight is 372 g/mol. The minimum absolute atomic E-state index is 0.0221. The SMILES string of the molecule is O=C(O)c1ccc(Cl)cc1NS(=O)(=O)C1=CC=CN2SNC=C12. The zero-order valence-electron chi connectivity index (χ0n) is 11.4. The van der Waals surface area contributed by atoms with E-state index in [-0.39, 0.29) is 21.2 Å². The predicted octanol–water partition coefficient (Wildman–Crippen LogP) is 2.50. The minimum atomic E-state index is -3.99. The highest BCUT2D eigenvalue weighted by molar-refractivity contribution is 7.97. The first kappa shape index (κ1) is 15.8. The fourth-order valence-electron chi connectivity index (χ4n) is 2.05. The maximum absolute atomic E-state index is 12.6. The number of carboxylic acid groups (broad SMARTS) is 1. The van der Waals surface area contributed by atoms with E-state index in [1.54, 1.807) is 22.8 Å². The van der Waals surface area contributed by atoms with Gasteiger partial charge in [0.25, 0.3) is 10.0 Å². The first-order chi connectivity index (χ1) is 10.9. The number of hydrogen-bond acceptors (Lipinski definition) is 6. The van der Waals surface area contributed by atoms with Crippen LogP contribution in [0.25, 0.3) is 0 Å². The summed E-state index contributed by atoms with van der Waals surface area (Å²) in [6.45, 7) is 0. The Hall–Kier alpha value is -2.10. The highest BCUT2D eigenvalue weighted by Crippen LogP contribution is 2.34. The number of hydrogen-bond donors (Lipinski definition) is 3. The topological polar surface area (TPSA) is 98.7 Å². The van der Waals surface area contributed by atoms with E-state index >= 15 is 0 Å². The Morgan fingerprint density at radius 3 is 2.91 bits per heavy atom. The van der Waals surface area contributed by atoms with Crippen molar-refractivity contribution >= 4 is 45.4 Å². The number of allylic oxidation sites excluding steroid dienone is 2. The lowest BCUT2D eigenvalue weighted by molar-refractivity contribution is 0.0698. The van der Waals surface area contributed by atoms with Gasteiger partial charge in [0.2, 0.25) is 0 Å².